The molecule has 0 heterocycles. The number of aliphatic imine (C=N–C) groups is 1. The molecule has 0 spiro atoms. The van der Waals surface area contributed by atoms with Crippen LogP contribution in [0.4, 0.5) is 5.69 Å². The maximum absolute atomic E-state index is 6.10. The second-order valence-corrected chi connectivity index (χ2v) is 7.66. The fourth-order valence-electron chi connectivity index (χ4n) is 2.76. The topological polar surface area (TPSA) is 68.9 Å². The zero-order valence-corrected chi connectivity index (χ0v) is 15.0. The van der Waals surface area contributed by atoms with Gasteiger partial charge >= 0.3 is 0 Å². The van der Waals surface area contributed by atoms with Crippen molar-refractivity contribution in [2.24, 2.45) is 16.1 Å². The van der Waals surface area contributed by atoms with Gasteiger partial charge in [0.2, 0.25) is 0 Å². The van der Waals surface area contributed by atoms with Gasteiger partial charge < -0.3 is 20.5 Å². The molecule has 0 amide bonds. The molecule has 0 saturated heterocycles. The minimum atomic E-state index is -0.138. The quantitative estimate of drug-likeness (QED) is 0.659. The lowest BCUT2D eigenvalue weighted by Gasteiger charge is -2.51. The molecular formula is C18H29N3O2. The molecule has 1 aliphatic carbocycles. The first-order chi connectivity index (χ1) is 10.6. The van der Waals surface area contributed by atoms with Gasteiger partial charge in [0.25, 0.3) is 0 Å². The van der Waals surface area contributed by atoms with E-state index < -0.39 is 0 Å². The fourth-order valence-corrected chi connectivity index (χ4v) is 2.76. The van der Waals surface area contributed by atoms with Crippen molar-refractivity contribution in [2.75, 3.05) is 12.4 Å². The van der Waals surface area contributed by atoms with Crippen molar-refractivity contribution in [3.8, 4) is 5.75 Å². The Morgan fingerprint density at radius 1 is 1.35 bits per heavy atom. The van der Waals surface area contributed by atoms with Crippen molar-refractivity contribution in [1.29, 1.82) is 0 Å². The Labute approximate surface area is 139 Å². The predicted molar refractivity (Wildman–Crippen MR) is 95.1 cm³/mol. The average molecular weight is 319 g/mol. The summed E-state index contributed by atoms with van der Waals surface area (Å²) < 4.78 is 11.3. The zero-order chi connectivity index (χ0) is 17.3. The summed E-state index contributed by atoms with van der Waals surface area (Å²) in [5, 5.41) is 3.12. The number of nitrogens with zero attached hydrogens (tertiary/aromatic N) is 1. The van der Waals surface area contributed by atoms with Gasteiger partial charge in [0.05, 0.1) is 24.9 Å². The highest BCUT2D eigenvalue weighted by atomic mass is 16.5. The number of guanidine groups is 1. The summed E-state index contributed by atoms with van der Waals surface area (Å²) in [6.45, 7) is 10.6. The molecule has 2 atom stereocenters. The van der Waals surface area contributed by atoms with Crippen LogP contribution < -0.4 is 15.8 Å². The van der Waals surface area contributed by atoms with Gasteiger partial charge in [-0.3, -0.25) is 0 Å². The van der Waals surface area contributed by atoms with Gasteiger partial charge in [0, 0.05) is 17.2 Å². The number of hydrogen-bond acceptors (Lipinski definition) is 3. The van der Waals surface area contributed by atoms with Crippen LogP contribution in [0, 0.1) is 5.41 Å². The molecule has 0 radical (unpaired) electrons. The summed E-state index contributed by atoms with van der Waals surface area (Å²) in [5.41, 5.74) is 6.77. The van der Waals surface area contributed by atoms with E-state index in [4.69, 9.17) is 15.2 Å². The number of nitrogens with one attached hydrogen (secondary N) is 1. The maximum atomic E-state index is 6.10. The van der Waals surface area contributed by atoms with Crippen LogP contribution in [0.5, 0.6) is 5.75 Å². The number of ether oxygens (including phenoxy) is 2. The first-order valence-corrected chi connectivity index (χ1v) is 8.04. The third kappa shape index (κ3) is 4.38. The van der Waals surface area contributed by atoms with Gasteiger partial charge in [0.15, 0.2) is 5.96 Å². The minimum absolute atomic E-state index is 0.0199. The molecule has 0 aliphatic heterocycles. The number of hydrogen-bond donors (Lipinski definition) is 2. The van der Waals surface area contributed by atoms with Crippen molar-refractivity contribution in [3.05, 3.63) is 24.3 Å². The van der Waals surface area contributed by atoms with Gasteiger partial charge in [0.1, 0.15) is 5.75 Å². The number of benzene rings is 1. The standard InChI is InChI=1S/C18H29N3O2/c1-17(2,3)23-15-11-14(18(15,4)5)21-16(19)20-12-8-7-9-13(10-12)22-6/h7-10,14-15H,11H2,1-6H3,(H3,19,20,21)/t14-,15+/m1/s1. The average Bonchev–Trinajstić information content (AvgIpc) is 2.45. The lowest BCUT2D eigenvalue weighted by molar-refractivity contribution is -0.165. The molecule has 5 heteroatoms. The van der Waals surface area contributed by atoms with Crippen molar-refractivity contribution in [2.45, 2.75) is 58.8 Å². The highest BCUT2D eigenvalue weighted by Gasteiger charge is 2.50. The van der Waals surface area contributed by atoms with Gasteiger partial charge in [-0.15, -0.1) is 0 Å². The number of methoxy groups -OCH3 is 1. The highest BCUT2D eigenvalue weighted by Crippen LogP contribution is 2.46. The summed E-state index contributed by atoms with van der Waals surface area (Å²) in [5.74, 6) is 1.20. The molecule has 2 rings (SSSR count). The molecule has 0 unspecified atom stereocenters. The van der Waals surface area contributed by atoms with E-state index in [0.29, 0.717) is 5.96 Å². The summed E-state index contributed by atoms with van der Waals surface area (Å²) in [6.07, 6.45) is 1.10. The van der Waals surface area contributed by atoms with Crippen LogP contribution in [0.2, 0.25) is 0 Å². The molecule has 0 aromatic heterocycles. The molecule has 5 nitrogen and oxygen atoms in total. The maximum Gasteiger partial charge on any atom is 0.193 e. The smallest absolute Gasteiger partial charge is 0.193 e. The molecular weight excluding hydrogens is 290 g/mol. The van der Waals surface area contributed by atoms with E-state index in [1.54, 1.807) is 7.11 Å². The van der Waals surface area contributed by atoms with E-state index in [9.17, 15) is 0 Å². The Morgan fingerprint density at radius 3 is 2.61 bits per heavy atom. The van der Waals surface area contributed by atoms with Crippen molar-refractivity contribution in [1.82, 2.24) is 0 Å². The molecule has 23 heavy (non-hydrogen) atoms. The number of anilines is 1. The molecule has 1 fully saturated rings. The first kappa shape index (κ1) is 17.6. The first-order valence-electron chi connectivity index (χ1n) is 8.04. The van der Waals surface area contributed by atoms with Crippen LogP contribution in [0.25, 0.3) is 0 Å². The number of rotatable bonds is 4. The minimum Gasteiger partial charge on any atom is -0.497 e. The van der Waals surface area contributed by atoms with E-state index in [1.807, 2.05) is 24.3 Å². The number of nitrogens with two attached hydrogens (primary N) is 1. The van der Waals surface area contributed by atoms with Gasteiger partial charge in [-0.25, -0.2) is 4.99 Å². The second-order valence-electron chi connectivity index (χ2n) is 7.66. The van der Waals surface area contributed by atoms with Crippen LogP contribution in [0.15, 0.2) is 29.3 Å². The summed E-state index contributed by atoms with van der Waals surface area (Å²) in [4.78, 5) is 4.63. The third-order valence-electron chi connectivity index (χ3n) is 4.26. The van der Waals surface area contributed by atoms with E-state index in [1.165, 1.54) is 0 Å². The molecule has 1 aliphatic rings. The Hall–Kier alpha value is -1.75. The molecule has 1 aromatic rings. The summed E-state index contributed by atoms with van der Waals surface area (Å²) >= 11 is 0. The SMILES string of the molecule is COc1cccc(NC(N)=N[C@@H]2C[C@H](OC(C)(C)C)C2(C)C)c1. The van der Waals surface area contributed by atoms with E-state index in [0.717, 1.165) is 17.9 Å². The van der Waals surface area contributed by atoms with Crippen LogP contribution in [-0.4, -0.2) is 30.8 Å². The van der Waals surface area contributed by atoms with Crippen LogP contribution >= 0.6 is 0 Å². The Balaban J connectivity index is 1.99. The lowest BCUT2D eigenvalue weighted by atomic mass is 9.64. The Bertz CT molecular complexity index is 576. The lowest BCUT2D eigenvalue weighted by Crippen LogP contribution is -2.56. The highest BCUT2D eigenvalue weighted by molar-refractivity contribution is 5.92. The van der Waals surface area contributed by atoms with Crippen molar-refractivity contribution in [3.63, 3.8) is 0 Å². The van der Waals surface area contributed by atoms with Crippen LogP contribution in [0.1, 0.15) is 41.0 Å². The van der Waals surface area contributed by atoms with Crippen LogP contribution in [0.3, 0.4) is 0 Å². The van der Waals surface area contributed by atoms with E-state index in [2.05, 4.69) is 44.9 Å². The van der Waals surface area contributed by atoms with Crippen molar-refractivity contribution >= 4 is 11.6 Å². The van der Waals surface area contributed by atoms with Gasteiger partial charge in [-0.05, 0) is 39.3 Å². The zero-order valence-electron chi connectivity index (χ0n) is 15.0. The Morgan fingerprint density at radius 2 is 2.04 bits per heavy atom. The van der Waals surface area contributed by atoms with E-state index >= 15 is 0 Å². The predicted octanol–water partition coefficient (Wildman–Crippen LogP) is 3.40. The summed E-state index contributed by atoms with van der Waals surface area (Å²) in [7, 11) is 1.64. The Kier molecular flexibility index (Phi) is 4.90. The normalized spacial score (nSPS) is 24.0. The van der Waals surface area contributed by atoms with E-state index in [-0.39, 0.29) is 23.2 Å². The molecule has 0 bridgehead atoms. The molecule has 128 valence electrons. The largest absolute Gasteiger partial charge is 0.497 e. The summed E-state index contributed by atoms with van der Waals surface area (Å²) in [6, 6.07) is 7.78. The molecule has 1 aromatic carbocycles. The fraction of sp³-hybridized carbons (Fsp3) is 0.611. The van der Waals surface area contributed by atoms with Gasteiger partial charge in [-0.1, -0.05) is 19.9 Å². The monoisotopic (exact) mass is 319 g/mol. The molecule has 3 N–H and O–H groups in total. The second kappa shape index (κ2) is 6.40. The third-order valence-corrected chi connectivity index (χ3v) is 4.26. The van der Waals surface area contributed by atoms with Crippen molar-refractivity contribution < 1.29 is 9.47 Å². The van der Waals surface area contributed by atoms with Crippen LogP contribution in [-0.2, 0) is 4.74 Å². The van der Waals surface area contributed by atoms with Gasteiger partial charge in [-0.2, -0.15) is 0 Å². The molecule has 1 saturated carbocycles.